The Morgan fingerprint density at radius 3 is 2.67 bits per heavy atom. The summed E-state index contributed by atoms with van der Waals surface area (Å²) in [6.45, 7) is 1.86. The molecular weight excluding hydrogens is 346 g/mol. The zero-order valence-corrected chi connectivity index (χ0v) is 15.6. The highest BCUT2D eigenvalue weighted by atomic mass is 16.5. The normalized spacial score (nSPS) is 16.5. The molecule has 0 aliphatic heterocycles. The predicted octanol–water partition coefficient (Wildman–Crippen LogP) is 2.04. The summed E-state index contributed by atoms with van der Waals surface area (Å²) in [4.78, 5) is 24.2. The maximum Gasteiger partial charge on any atom is 0.316 e. The lowest BCUT2D eigenvalue weighted by atomic mass is 9.97. The number of carbonyl (C=O) groups excluding carboxylic acids is 2. The van der Waals surface area contributed by atoms with Crippen molar-refractivity contribution in [2.45, 2.75) is 44.2 Å². The van der Waals surface area contributed by atoms with Crippen molar-refractivity contribution in [1.82, 2.24) is 20.4 Å². The van der Waals surface area contributed by atoms with Gasteiger partial charge in [0.2, 0.25) is 5.91 Å². The van der Waals surface area contributed by atoms with Crippen LogP contribution in [0.2, 0.25) is 0 Å². The molecule has 8 heteroatoms. The van der Waals surface area contributed by atoms with E-state index in [0.717, 1.165) is 24.1 Å². The van der Waals surface area contributed by atoms with Crippen molar-refractivity contribution in [3.8, 4) is 11.4 Å². The number of methoxy groups -OCH3 is 1. The quantitative estimate of drug-likeness (QED) is 0.721. The van der Waals surface area contributed by atoms with Gasteiger partial charge in [-0.05, 0) is 31.9 Å². The molecule has 0 saturated heterocycles. The molecule has 3 amide bonds. The number of benzene rings is 1. The lowest BCUT2D eigenvalue weighted by molar-refractivity contribution is -0.123. The number of ether oxygens (including phenoxy) is 1. The van der Waals surface area contributed by atoms with Gasteiger partial charge >= 0.3 is 6.03 Å². The monoisotopic (exact) mass is 371 g/mol. The molecule has 2 aromatic rings. The van der Waals surface area contributed by atoms with Crippen LogP contribution >= 0.6 is 0 Å². The Balaban J connectivity index is 1.68. The van der Waals surface area contributed by atoms with Crippen molar-refractivity contribution < 1.29 is 14.3 Å². The molecule has 1 saturated carbocycles. The van der Waals surface area contributed by atoms with Gasteiger partial charge in [0, 0.05) is 11.8 Å². The summed E-state index contributed by atoms with van der Waals surface area (Å²) in [5, 5.41) is 9.99. The fraction of sp³-hybridized carbons (Fsp3) is 0.421. The Morgan fingerprint density at radius 2 is 2.00 bits per heavy atom. The SMILES string of the molecule is COc1ccccc1-n1cc(C(C)NC(=O)NC2(C(N)=O)CCCC2)cn1. The lowest BCUT2D eigenvalue weighted by Gasteiger charge is -2.27. The summed E-state index contributed by atoms with van der Waals surface area (Å²) in [5.41, 5.74) is 6.21. The standard InChI is InChI=1S/C19H25N5O3/c1-13(22-18(26)23-19(17(20)25)9-5-6-10-19)14-11-21-24(12-14)15-7-3-4-8-16(15)27-2/h3-4,7-8,11-13H,5-6,9-10H2,1-2H3,(H2,20,25)(H2,22,23,26). The van der Waals surface area contributed by atoms with Crippen molar-refractivity contribution in [3.63, 3.8) is 0 Å². The van der Waals surface area contributed by atoms with Crippen LogP contribution in [0.4, 0.5) is 4.79 Å². The van der Waals surface area contributed by atoms with Crippen molar-refractivity contribution in [1.29, 1.82) is 0 Å². The minimum Gasteiger partial charge on any atom is -0.494 e. The van der Waals surface area contributed by atoms with Crippen molar-refractivity contribution in [2.24, 2.45) is 5.73 Å². The smallest absolute Gasteiger partial charge is 0.316 e. The summed E-state index contributed by atoms with van der Waals surface area (Å²) >= 11 is 0. The molecule has 1 unspecified atom stereocenters. The van der Waals surface area contributed by atoms with E-state index in [2.05, 4.69) is 15.7 Å². The van der Waals surface area contributed by atoms with Crippen molar-refractivity contribution in [3.05, 3.63) is 42.2 Å². The van der Waals surface area contributed by atoms with Gasteiger partial charge in [-0.1, -0.05) is 25.0 Å². The summed E-state index contributed by atoms with van der Waals surface area (Å²) in [7, 11) is 1.61. The van der Waals surface area contributed by atoms with Crippen LogP contribution in [0.25, 0.3) is 5.69 Å². The molecule has 1 aliphatic carbocycles. The first-order valence-electron chi connectivity index (χ1n) is 9.02. The van der Waals surface area contributed by atoms with Gasteiger partial charge in [-0.2, -0.15) is 5.10 Å². The third-order valence-corrected chi connectivity index (χ3v) is 5.06. The average Bonchev–Trinajstić information content (AvgIpc) is 3.31. The number of aromatic nitrogens is 2. The zero-order valence-electron chi connectivity index (χ0n) is 15.6. The lowest BCUT2D eigenvalue weighted by Crippen LogP contribution is -2.58. The Labute approximate surface area is 158 Å². The van der Waals surface area contributed by atoms with E-state index in [9.17, 15) is 9.59 Å². The fourth-order valence-electron chi connectivity index (χ4n) is 3.46. The van der Waals surface area contributed by atoms with Crippen LogP contribution in [0.5, 0.6) is 5.75 Å². The van der Waals surface area contributed by atoms with Gasteiger partial charge in [-0.25, -0.2) is 9.48 Å². The minimum atomic E-state index is -0.939. The number of hydrogen-bond acceptors (Lipinski definition) is 4. The number of nitrogens with one attached hydrogen (secondary N) is 2. The van der Waals surface area contributed by atoms with Gasteiger partial charge in [0.25, 0.3) is 0 Å². The topological polar surface area (TPSA) is 111 Å². The van der Waals surface area contributed by atoms with Crippen molar-refractivity contribution in [2.75, 3.05) is 7.11 Å². The number of rotatable bonds is 6. The molecule has 0 radical (unpaired) electrons. The van der Waals surface area contributed by atoms with Gasteiger partial charge in [0.15, 0.2) is 0 Å². The molecule has 3 rings (SSSR count). The predicted molar refractivity (Wildman–Crippen MR) is 101 cm³/mol. The number of urea groups is 1. The summed E-state index contributed by atoms with van der Waals surface area (Å²) in [5.74, 6) is 0.224. The second-order valence-electron chi connectivity index (χ2n) is 6.86. The van der Waals surface area contributed by atoms with Gasteiger partial charge < -0.3 is 21.1 Å². The zero-order chi connectivity index (χ0) is 19.4. The third kappa shape index (κ3) is 3.89. The molecular formula is C19H25N5O3. The first kappa shape index (κ1) is 18.8. The molecule has 4 N–H and O–H groups in total. The third-order valence-electron chi connectivity index (χ3n) is 5.06. The Morgan fingerprint density at radius 1 is 1.30 bits per heavy atom. The Kier molecular flexibility index (Phi) is 5.34. The number of nitrogens with zero attached hydrogens (tertiary/aromatic N) is 2. The molecule has 1 heterocycles. The van der Waals surface area contributed by atoms with Crippen molar-refractivity contribution >= 4 is 11.9 Å². The van der Waals surface area contributed by atoms with Crippen LogP contribution in [0, 0.1) is 0 Å². The number of amides is 3. The van der Waals surface area contributed by atoms with E-state index in [-0.39, 0.29) is 6.04 Å². The maximum absolute atomic E-state index is 12.4. The number of primary amides is 1. The highest BCUT2D eigenvalue weighted by Crippen LogP contribution is 2.29. The molecule has 1 atom stereocenters. The largest absolute Gasteiger partial charge is 0.494 e. The highest BCUT2D eigenvalue weighted by molar-refractivity contribution is 5.90. The number of nitrogens with two attached hydrogens (primary N) is 1. The minimum absolute atomic E-state index is 0.292. The summed E-state index contributed by atoms with van der Waals surface area (Å²) < 4.78 is 7.06. The van der Waals surface area contributed by atoms with Crippen LogP contribution < -0.4 is 21.1 Å². The molecule has 0 spiro atoms. The second-order valence-corrected chi connectivity index (χ2v) is 6.86. The Hall–Kier alpha value is -3.03. The highest BCUT2D eigenvalue weighted by Gasteiger charge is 2.41. The summed E-state index contributed by atoms with van der Waals surface area (Å²) in [6.07, 6.45) is 6.44. The molecule has 1 aromatic heterocycles. The van der Waals surface area contributed by atoms with Crippen LogP contribution in [-0.2, 0) is 4.79 Å². The molecule has 27 heavy (non-hydrogen) atoms. The number of para-hydroxylation sites is 2. The van der Waals surface area contributed by atoms with E-state index in [4.69, 9.17) is 10.5 Å². The van der Waals surface area contributed by atoms with E-state index in [0.29, 0.717) is 18.6 Å². The second kappa shape index (κ2) is 7.69. The van der Waals surface area contributed by atoms with Crippen LogP contribution in [-0.4, -0.2) is 34.4 Å². The first-order chi connectivity index (χ1) is 12.9. The molecule has 0 bridgehead atoms. The van der Waals surface area contributed by atoms with Gasteiger partial charge in [-0.3, -0.25) is 4.79 Å². The molecule has 8 nitrogen and oxygen atoms in total. The van der Waals surface area contributed by atoms with E-state index in [1.165, 1.54) is 0 Å². The average molecular weight is 371 g/mol. The first-order valence-corrected chi connectivity index (χ1v) is 9.02. The number of hydrogen-bond donors (Lipinski definition) is 3. The van der Waals surface area contributed by atoms with E-state index in [1.807, 2.05) is 37.4 Å². The van der Waals surface area contributed by atoms with Gasteiger partial charge in [0.05, 0.1) is 19.3 Å². The van der Waals surface area contributed by atoms with E-state index < -0.39 is 17.5 Å². The van der Waals surface area contributed by atoms with E-state index in [1.54, 1.807) is 18.0 Å². The van der Waals surface area contributed by atoms with Crippen LogP contribution in [0.15, 0.2) is 36.7 Å². The van der Waals surface area contributed by atoms with Gasteiger partial charge in [-0.15, -0.1) is 0 Å². The van der Waals surface area contributed by atoms with Crippen LogP contribution in [0.1, 0.15) is 44.2 Å². The summed E-state index contributed by atoms with van der Waals surface area (Å²) in [6, 6.07) is 6.85. The molecule has 1 aromatic carbocycles. The number of carbonyl (C=O) groups is 2. The maximum atomic E-state index is 12.4. The molecule has 144 valence electrons. The fourth-order valence-corrected chi connectivity index (χ4v) is 3.46. The van der Waals surface area contributed by atoms with Crippen LogP contribution in [0.3, 0.4) is 0 Å². The molecule has 1 fully saturated rings. The molecule has 1 aliphatic rings. The van der Waals surface area contributed by atoms with E-state index >= 15 is 0 Å². The van der Waals surface area contributed by atoms with Gasteiger partial charge in [0.1, 0.15) is 17.0 Å². The Bertz CT molecular complexity index is 826.